The van der Waals surface area contributed by atoms with Crippen molar-refractivity contribution in [2.24, 2.45) is 0 Å². The number of carbonyl (C=O) groups is 3. The van der Waals surface area contributed by atoms with Crippen molar-refractivity contribution in [2.45, 2.75) is 102 Å². The normalized spacial score (nSPS) is 21.0. The second-order valence-electron chi connectivity index (χ2n) is 15.7. The summed E-state index contributed by atoms with van der Waals surface area (Å²) in [6.45, 7) is 8.11. The largest absolute Gasteiger partial charge is 0.748 e. The van der Waals surface area contributed by atoms with E-state index in [0.717, 1.165) is 28.2 Å². The Labute approximate surface area is 352 Å². The van der Waals surface area contributed by atoms with E-state index in [9.17, 15) is 53.3 Å². The van der Waals surface area contributed by atoms with Crippen LogP contribution in [-0.2, 0) is 60.4 Å². The molecule has 1 saturated heterocycles. The molecule has 2 aromatic carbocycles. The lowest BCUT2D eigenvalue weighted by Gasteiger charge is -2.23. The predicted octanol–water partition coefficient (Wildman–Crippen LogP) is 3.43. The van der Waals surface area contributed by atoms with Crippen LogP contribution in [0.5, 0.6) is 0 Å². The van der Waals surface area contributed by atoms with Gasteiger partial charge in [-0.05, 0) is 64.8 Å². The fourth-order valence-corrected chi connectivity index (χ4v) is 9.59. The molecule has 19 heteroatoms. The third-order valence-corrected chi connectivity index (χ3v) is 13.4. The highest BCUT2D eigenvalue weighted by Gasteiger charge is 2.48. The van der Waals surface area contributed by atoms with E-state index in [1.165, 1.54) is 18.2 Å². The number of benzene rings is 2. The lowest BCUT2D eigenvalue weighted by atomic mass is 9.75. The molecule has 3 aliphatic heterocycles. The average Bonchev–Trinajstić information content (AvgIpc) is 3.64. The minimum absolute atomic E-state index is 0. The van der Waals surface area contributed by atoms with Gasteiger partial charge in [0.1, 0.15) is 28.0 Å². The van der Waals surface area contributed by atoms with E-state index in [0.29, 0.717) is 40.5 Å². The SMILES string of the molecule is C.Cc1ccc2c(c1)C(C)(CCCCC(=O)ON1C(=O)CCC1=O)C(/C=C/C=C/C=C1/[NH+](CCCS(=O)(=O)[O-])c3ccc(S(=O)(=O)[O-])cc3C1(C)C)=[N+]2CCCS(=O)(=O)[O-]. The summed E-state index contributed by atoms with van der Waals surface area (Å²) in [7, 11) is -13.7. The number of quaternary nitrogens is 1. The highest BCUT2D eigenvalue weighted by Crippen LogP contribution is 2.44. The molecule has 0 spiro atoms. The van der Waals surface area contributed by atoms with Crippen LogP contribution in [0, 0.1) is 6.92 Å². The summed E-state index contributed by atoms with van der Waals surface area (Å²) in [5, 5.41) is 0.518. The second-order valence-corrected chi connectivity index (χ2v) is 20.1. The summed E-state index contributed by atoms with van der Waals surface area (Å²) in [5.41, 5.74) is 4.08. The fraction of sp³-hybridized carbons (Fsp3) is 0.463. The van der Waals surface area contributed by atoms with E-state index < -0.39 is 75.4 Å². The highest BCUT2D eigenvalue weighted by molar-refractivity contribution is 7.86. The number of hydrogen-bond donors (Lipinski definition) is 1. The molecule has 16 nitrogen and oxygen atoms in total. The first-order valence-electron chi connectivity index (χ1n) is 19.1. The molecule has 2 aromatic rings. The van der Waals surface area contributed by atoms with E-state index in [4.69, 9.17) is 4.84 Å². The Morgan fingerprint density at radius 3 is 2.13 bits per heavy atom. The number of aryl methyl sites for hydroxylation is 1. The maximum atomic E-state index is 12.5. The third kappa shape index (κ3) is 11.3. The van der Waals surface area contributed by atoms with Gasteiger partial charge in [0.05, 0.1) is 42.5 Å². The number of unbranched alkanes of at least 4 members (excludes halogenated alkanes) is 1. The third-order valence-electron chi connectivity index (χ3n) is 11.0. The molecule has 2 amide bonds. The van der Waals surface area contributed by atoms with Gasteiger partial charge < -0.3 is 18.5 Å². The van der Waals surface area contributed by atoms with E-state index >= 15 is 0 Å². The van der Waals surface area contributed by atoms with E-state index in [1.54, 1.807) is 18.2 Å². The topological polar surface area (TPSA) is 243 Å². The zero-order chi connectivity index (χ0) is 43.6. The van der Waals surface area contributed by atoms with Crippen molar-refractivity contribution in [1.82, 2.24) is 5.06 Å². The van der Waals surface area contributed by atoms with Crippen molar-refractivity contribution in [1.29, 1.82) is 0 Å². The molecule has 0 radical (unpaired) electrons. The number of allylic oxidation sites excluding steroid dienone is 6. The fourth-order valence-electron chi connectivity index (χ4n) is 8.12. The zero-order valence-corrected chi connectivity index (χ0v) is 35.7. The molecule has 0 aliphatic carbocycles. The van der Waals surface area contributed by atoms with Gasteiger partial charge in [0, 0.05) is 72.9 Å². The van der Waals surface area contributed by atoms with Crippen LogP contribution < -0.4 is 4.90 Å². The first kappa shape index (κ1) is 48.3. The Kier molecular flexibility index (Phi) is 15.1. The Bertz CT molecular complexity index is 2470. The van der Waals surface area contributed by atoms with Gasteiger partial charge >= 0.3 is 5.97 Å². The number of nitrogens with one attached hydrogen (secondary N) is 1. The number of fused-ring (bicyclic) bond motifs is 2. The highest BCUT2D eigenvalue weighted by atomic mass is 32.2. The maximum absolute atomic E-state index is 12.5. The predicted molar refractivity (Wildman–Crippen MR) is 218 cm³/mol. The summed E-state index contributed by atoms with van der Waals surface area (Å²) in [5.74, 6) is -2.98. The molecule has 328 valence electrons. The van der Waals surface area contributed by atoms with Crippen molar-refractivity contribution >= 4 is 65.2 Å². The van der Waals surface area contributed by atoms with Crippen molar-refractivity contribution in [3.05, 3.63) is 89.2 Å². The molecule has 1 fully saturated rings. The van der Waals surface area contributed by atoms with E-state index in [1.807, 2.05) is 62.6 Å². The van der Waals surface area contributed by atoms with Crippen LogP contribution >= 0.6 is 0 Å². The molecule has 0 aromatic heterocycles. The first-order valence-corrected chi connectivity index (χ1v) is 23.7. The van der Waals surface area contributed by atoms with Crippen LogP contribution in [0.2, 0.25) is 0 Å². The van der Waals surface area contributed by atoms with Crippen LogP contribution in [0.15, 0.2) is 77.4 Å². The Balaban J connectivity index is 0.00000794. The Morgan fingerprint density at radius 2 is 1.50 bits per heavy atom. The molecular formula is C41H52N3O13S3-. The minimum atomic E-state index is -4.77. The second kappa shape index (κ2) is 18.7. The summed E-state index contributed by atoms with van der Waals surface area (Å²) >= 11 is 0. The molecule has 60 heavy (non-hydrogen) atoms. The minimum Gasteiger partial charge on any atom is -0.748 e. The Morgan fingerprint density at radius 1 is 0.850 bits per heavy atom. The number of hydrogen-bond acceptors (Lipinski definition) is 13. The van der Waals surface area contributed by atoms with Crippen molar-refractivity contribution in [3.8, 4) is 0 Å². The zero-order valence-electron chi connectivity index (χ0n) is 33.3. The lowest BCUT2D eigenvalue weighted by molar-refractivity contribution is -0.788. The molecule has 1 N–H and O–H groups in total. The van der Waals surface area contributed by atoms with Crippen LogP contribution in [0.3, 0.4) is 0 Å². The number of amides is 2. The standard InChI is InChI=1S/C40H49N3O13S3.CH4/c1-28-15-17-33-31(26-28)40(4,21-9-8-14-38(46)56-43-36(44)19-20-37(43)45)35(42(33)23-11-25-58(50,51)52)13-7-5-6-12-34-39(2,3)30-27-29(59(53,54)55)16-18-32(30)41(34)22-10-24-57(47,48)49;/h5-7,12-13,15-18,26-27H,8-11,14,19-25H2,1-4H3,(H2-,47,48,49,50,51,52,53,54,55);1H4/p-1. The maximum Gasteiger partial charge on any atom is 0.333 e. The number of hydroxylamine groups is 2. The number of nitrogens with zero attached hydrogens (tertiary/aromatic N) is 2. The number of imide groups is 1. The number of carbonyl (C=O) groups excluding carboxylic acids is 3. The molecule has 3 aliphatic rings. The molecule has 5 rings (SSSR count). The number of rotatable bonds is 18. The van der Waals surface area contributed by atoms with Gasteiger partial charge in [0.25, 0.3) is 11.8 Å². The van der Waals surface area contributed by atoms with Crippen LogP contribution in [0.4, 0.5) is 11.4 Å². The molecule has 2 atom stereocenters. The van der Waals surface area contributed by atoms with Gasteiger partial charge in [-0.25, -0.2) is 30.0 Å². The van der Waals surface area contributed by atoms with Crippen LogP contribution in [-0.4, -0.2) is 96.6 Å². The average molecular weight is 891 g/mol. The molecule has 3 heterocycles. The van der Waals surface area contributed by atoms with Crippen molar-refractivity contribution < 1.29 is 67.6 Å². The van der Waals surface area contributed by atoms with Gasteiger partial charge in [-0.1, -0.05) is 43.7 Å². The monoisotopic (exact) mass is 890 g/mol. The lowest BCUT2D eigenvalue weighted by Crippen LogP contribution is -3.04. The van der Waals surface area contributed by atoms with Crippen LogP contribution in [0.25, 0.3) is 0 Å². The summed E-state index contributed by atoms with van der Waals surface area (Å²) in [6.07, 6.45) is 10.5. The quantitative estimate of drug-likeness (QED) is 0.0743. The summed E-state index contributed by atoms with van der Waals surface area (Å²) in [6, 6.07) is 9.98. The van der Waals surface area contributed by atoms with Gasteiger partial charge in [-0.3, -0.25) is 14.5 Å². The Hall–Kier alpha value is -4.37. The molecular weight excluding hydrogens is 839 g/mol. The molecule has 0 saturated carbocycles. The van der Waals surface area contributed by atoms with Crippen LogP contribution in [0.1, 0.15) is 96.3 Å². The smallest absolute Gasteiger partial charge is 0.333 e. The summed E-state index contributed by atoms with van der Waals surface area (Å²) < 4.78 is 107. The van der Waals surface area contributed by atoms with E-state index in [-0.39, 0.29) is 52.6 Å². The van der Waals surface area contributed by atoms with Crippen molar-refractivity contribution in [2.75, 3.05) is 24.6 Å². The van der Waals surface area contributed by atoms with Gasteiger partial charge in [-0.15, -0.1) is 5.06 Å². The van der Waals surface area contributed by atoms with Gasteiger partial charge in [0.2, 0.25) is 5.69 Å². The summed E-state index contributed by atoms with van der Waals surface area (Å²) in [4.78, 5) is 41.7. The van der Waals surface area contributed by atoms with E-state index in [2.05, 4.69) is 0 Å². The molecule has 2 unspecified atom stereocenters. The molecule has 0 bridgehead atoms. The van der Waals surface area contributed by atoms with Crippen molar-refractivity contribution in [3.63, 3.8) is 0 Å². The first-order chi connectivity index (χ1) is 27.4. The van der Waals surface area contributed by atoms with Gasteiger partial charge in [0.15, 0.2) is 5.71 Å². The van der Waals surface area contributed by atoms with Gasteiger partial charge in [-0.2, -0.15) is 4.58 Å².